The van der Waals surface area contributed by atoms with Gasteiger partial charge in [-0.25, -0.2) is 4.79 Å². The van der Waals surface area contributed by atoms with E-state index in [0.29, 0.717) is 0 Å². The third-order valence-corrected chi connectivity index (χ3v) is 0. The van der Waals surface area contributed by atoms with Crippen LogP contribution in [-0.4, -0.2) is 84.0 Å². The Hall–Kier alpha value is -0.485. The number of carbonyl (C=O) groups excluding carboxylic acids is 2. The van der Waals surface area contributed by atoms with Crippen molar-refractivity contribution < 1.29 is 38.0 Å². The van der Waals surface area contributed by atoms with Gasteiger partial charge >= 0.3 is 13.4 Å². The molecule has 13 nitrogen and oxygen atoms in total. The summed E-state index contributed by atoms with van der Waals surface area (Å²) in [6, 6.07) is -0.833. The van der Waals surface area contributed by atoms with Crippen LogP contribution in [0.5, 0.6) is 0 Å². The van der Waals surface area contributed by atoms with Crippen molar-refractivity contribution in [3.63, 3.8) is 0 Å². The molecule has 0 unspecified atom stereocenters. The largest absolute Gasteiger partial charge is 0.631 e. The van der Waals surface area contributed by atoms with Gasteiger partial charge in [-0.05, 0) is 0 Å². The molecule has 0 atom stereocenters. The number of nitrogens with one attached hydrogen (secondary N) is 1. The number of amides is 2. The van der Waals surface area contributed by atoms with Crippen molar-refractivity contribution in [2.24, 2.45) is 22.9 Å². The van der Waals surface area contributed by atoms with Crippen molar-refractivity contribution in [2.75, 3.05) is 0 Å². The van der Waals surface area contributed by atoms with E-state index in [1.54, 1.807) is 0 Å². The van der Waals surface area contributed by atoms with E-state index < -0.39 is 24.7 Å². The molecule has 0 saturated heterocycles. The minimum atomic E-state index is -2.61. The molecule has 0 aromatic rings. The van der Waals surface area contributed by atoms with E-state index in [2.05, 4.69) is 22.9 Å². The Labute approximate surface area is 145 Å². The minimum absolute atomic E-state index is 0. The number of urea groups is 1. The summed E-state index contributed by atoms with van der Waals surface area (Å²) in [4.78, 5) is 17.0. The average molecular weight is 353 g/mol. The fourth-order valence-corrected chi connectivity index (χ4v) is 0. The molecule has 14 N–H and O–H groups in total. The minimum Gasteiger partial charge on any atom is -0.402 e. The van der Waals surface area contributed by atoms with Gasteiger partial charge in [0.2, 0.25) is 0 Å². The smallest absolute Gasteiger partial charge is 0.402 e. The predicted molar refractivity (Wildman–Crippen MR) is 75.8 cm³/mol. The van der Waals surface area contributed by atoms with Crippen LogP contribution in [0.1, 0.15) is 0 Å². The molecule has 0 fully saturated rings. The molecule has 0 aromatic heterocycles. The fourth-order valence-electron chi connectivity index (χ4n) is 0. The van der Waals surface area contributed by atoms with E-state index in [-0.39, 0.29) is 47.9 Å². The second-order valence-electron chi connectivity index (χ2n) is 1.43. The number of carbonyl (C=O) groups is 2. The van der Waals surface area contributed by atoms with Crippen LogP contribution in [0.4, 0.5) is 4.79 Å². The van der Waals surface area contributed by atoms with E-state index in [1.807, 2.05) is 6.79 Å². The third kappa shape index (κ3) is 20300. The van der Waals surface area contributed by atoms with Gasteiger partial charge in [-0.3, -0.25) is 14.5 Å². The van der Waals surface area contributed by atoms with Crippen LogP contribution >= 0.6 is 12.4 Å². The SMILES string of the molecule is C=O.Cl.N=C(N)N.NC(N)=O.O=S(O)O.OB(O)O.[Na]. The molecule has 0 bridgehead atoms. The Morgan fingerprint density at radius 2 is 1.05 bits per heavy atom. The summed E-state index contributed by atoms with van der Waals surface area (Å²) in [5.41, 5.74) is 17.4. The zero-order valence-electron chi connectivity index (χ0n) is 10.4. The summed E-state index contributed by atoms with van der Waals surface area (Å²) >= 11 is -2.61. The molecule has 20 heavy (non-hydrogen) atoms. The molecule has 0 aliphatic heterocycles. The van der Waals surface area contributed by atoms with Gasteiger partial charge in [0.1, 0.15) is 6.79 Å². The zero-order chi connectivity index (χ0) is 16.3. The van der Waals surface area contributed by atoms with Crippen LogP contribution in [-0.2, 0) is 16.2 Å². The van der Waals surface area contributed by atoms with Crippen molar-refractivity contribution in [2.45, 2.75) is 0 Å². The molecule has 0 heterocycles. The molecular weight excluding hydrogens is 335 g/mol. The summed E-state index contributed by atoms with van der Waals surface area (Å²) in [7, 11) is -2.17. The molecule has 0 saturated carbocycles. The summed E-state index contributed by atoms with van der Waals surface area (Å²) in [5.74, 6) is -0.333. The standard InChI is InChI=1S/CH5N3.CH4N2O.CH2O.BH3O3.ClH.Na.H2O3S/c2*2-1(3)4;1-2;2-1(3)4;;;1-4(2)3/h(H5,2,3,4);(H4,2,3,4);1H2;2-4H;1H;;(H2,1,2,3). The van der Waals surface area contributed by atoms with Crippen molar-refractivity contribution >= 4 is 79.4 Å². The Morgan fingerprint density at radius 1 is 1.05 bits per heavy atom. The monoisotopic (exact) mass is 352 g/mol. The summed E-state index contributed by atoms with van der Waals surface area (Å²) in [6.45, 7) is 2.00. The van der Waals surface area contributed by atoms with Crippen molar-refractivity contribution in [1.29, 1.82) is 5.41 Å². The first-order valence-electron chi connectivity index (χ1n) is 3.20. The Kier molecular flexibility index (Phi) is 91.5. The van der Waals surface area contributed by atoms with Gasteiger partial charge in [-0.15, -0.1) is 12.4 Å². The van der Waals surface area contributed by atoms with E-state index in [0.717, 1.165) is 0 Å². The van der Waals surface area contributed by atoms with E-state index in [4.69, 9.17) is 43.4 Å². The number of halogens is 1. The topological polar surface area (TPSA) is 280 Å². The number of rotatable bonds is 0. The summed E-state index contributed by atoms with van der Waals surface area (Å²) in [6.07, 6.45) is 0. The molecule has 2 amide bonds. The maximum absolute atomic E-state index is 9.00. The second kappa shape index (κ2) is 42.8. The first-order chi connectivity index (χ1) is 7.93. The number of nitrogens with two attached hydrogens (primary N) is 4. The van der Waals surface area contributed by atoms with Crippen molar-refractivity contribution in [3.8, 4) is 0 Å². The van der Waals surface area contributed by atoms with Gasteiger partial charge in [-0.1, -0.05) is 0 Å². The Balaban J connectivity index is -0.0000000209. The fraction of sp³-hybridized carbons (Fsp3) is 0. The molecule has 17 heteroatoms. The van der Waals surface area contributed by atoms with Crippen LogP contribution in [0.3, 0.4) is 0 Å². The van der Waals surface area contributed by atoms with Gasteiger partial charge in [0.15, 0.2) is 5.96 Å². The molecule has 119 valence electrons. The van der Waals surface area contributed by atoms with Crippen molar-refractivity contribution in [3.05, 3.63) is 0 Å². The van der Waals surface area contributed by atoms with Crippen LogP contribution in [0.2, 0.25) is 0 Å². The normalized spacial score (nSPS) is 5.70. The van der Waals surface area contributed by atoms with Gasteiger partial charge < -0.3 is 42.8 Å². The second-order valence-corrected chi connectivity index (χ2v) is 1.90. The van der Waals surface area contributed by atoms with Gasteiger partial charge in [0, 0.05) is 29.6 Å². The molecule has 0 aliphatic rings. The number of primary amides is 2. The molecule has 0 aliphatic carbocycles. The van der Waals surface area contributed by atoms with Crippen LogP contribution in [0, 0.1) is 5.41 Å². The molecule has 0 spiro atoms. The quantitative estimate of drug-likeness (QED) is 0.0859. The number of hydrogen-bond donors (Lipinski definition) is 10. The summed E-state index contributed by atoms with van der Waals surface area (Å²) in [5, 5.41) is 27.6. The molecular formula is C3H17BClN5NaO8S. The van der Waals surface area contributed by atoms with Gasteiger partial charge in [-0.2, -0.15) is 4.21 Å². The first-order valence-corrected chi connectivity index (χ1v) is 4.27. The van der Waals surface area contributed by atoms with Crippen LogP contribution in [0.25, 0.3) is 0 Å². The van der Waals surface area contributed by atoms with Crippen molar-refractivity contribution in [1.82, 2.24) is 0 Å². The third-order valence-electron chi connectivity index (χ3n) is 0. The number of hydrogen-bond acceptors (Lipinski definition) is 7. The van der Waals surface area contributed by atoms with Crippen LogP contribution in [0.15, 0.2) is 0 Å². The van der Waals surface area contributed by atoms with Gasteiger partial charge in [0.05, 0.1) is 0 Å². The van der Waals surface area contributed by atoms with Gasteiger partial charge in [0.25, 0.3) is 11.4 Å². The first kappa shape index (κ1) is 42.7. The molecule has 0 aromatic carbocycles. The van der Waals surface area contributed by atoms with Crippen LogP contribution < -0.4 is 22.9 Å². The number of guanidine groups is 1. The average Bonchev–Trinajstić information content (AvgIpc) is 2.01. The Bertz CT molecular complexity index is 185. The maximum Gasteiger partial charge on any atom is 0.631 e. The Morgan fingerprint density at radius 3 is 1.05 bits per heavy atom. The zero-order valence-corrected chi connectivity index (χ0v) is 14.0. The van der Waals surface area contributed by atoms with E-state index >= 15 is 0 Å². The van der Waals surface area contributed by atoms with E-state index in [9.17, 15) is 0 Å². The summed E-state index contributed by atoms with van der Waals surface area (Å²) < 4.78 is 22.8. The van der Waals surface area contributed by atoms with E-state index in [1.165, 1.54) is 0 Å². The maximum atomic E-state index is 9.00. The predicted octanol–water partition coefficient (Wildman–Crippen LogP) is -4.65. The molecule has 0 rings (SSSR count). The molecule has 1 radical (unpaired) electrons.